The summed E-state index contributed by atoms with van der Waals surface area (Å²) in [6.45, 7) is 0.550. The van der Waals surface area contributed by atoms with Crippen LogP contribution in [0.4, 0.5) is 0 Å². The molecule has 142 valence electrons. The number of hydrogen-bond acceptors (Lipinski definition) is 5. The molecule has 3 rings (SSSR count). The lowest BCUT2D eigenvalue weighted by molar-refractivity contribution is -0.121. The first-order valence-electron chi connectivity index (χ1n) is 8.02. The van der Waals surface area contributed by atoms with Gasteiger partial charge in [0, 0.05) is 21.5 Å². The summed E-state index contributed by atoms with van der Waals surface area (Å²) in [6, 6.07) is 8.57. The molecule has 0 unspecified atom stereocenters. The highest BCUT2D eigenvalue weighted by atomic mass is 79.9. The second-order valence-corrected chi connectivity index (χ2v) is 7.24. The zero-order valence-corrected chi connectivity index (χ0v) is 17.1. The van der Waals surface area contributed by atoms with Gasteiger partial charge in [0.05, 0.1) is 17.8 Å². The highest BCUT2D eigenvalue weighted by Crippen LogP contribution is 2.36. The van der Waals surface area contributed by atoms with Crippen molar-refractivity contribution in [1.82, 2.24) is 5.43 Å². The van der Waals surface area contributed by atoms with Crippen molar-refractivity contribution in [2.75, 3.05) is 13.4 Å². The monoisotopic (exact) mass is 472 g/mol. The van der Waals surface area contributed by atoms with Gasteiger partial charge < -0.3 is 14.2 Å². The molecule has 1 aliphatic heterocycles. The van der Waals surface area contributed by atoms with Gasteiger partial charge in [-0.1, -0.05) is 23.2 Å². The molecule has 0 aliphatic carbocycles. The van der Waals surface area contributed by atoms with E-state index in [4.69, 9.17) is 37.4 Å². The summed E-state index contributed by atoms with van der Waals surface area (Å²) in [6.07, 6.45) is 2.33. The third kappa shape index (κ3) is 5.51. The van der Waals surface area contributed by atoms with Gasteiger partial charge >= 0.3 is 0 Å². The minimum absolute atomic E-state index is 0.197. The number of benzene rings is 2. The van der Waals surface area contributed by atoms with Crippen molar-refractivity contribution in [1.29, 1.82) is 0 Å². The molecule has 0 saturated carbocycles. The van der Waals surface area contributed by atoms with Crippen LogP contribution in [0.25, 0.3) is 0 Å². The molecule has 27 heavy (non-hydrogen) atoms. The molecule has 0 bridgehead atoms. The highest BCUT2D eigenvalue weighted by molar-refractivity contribution is 9.10. The number of fused-ring (bicyclic) bond motifs is 1. The smallest absolute Gasteiger partial charge is 0.240 e. The number of rotatable bonds is 7. The van der Waals surface area contributed by atoms with Crippen LogP contribution in [0.5, 0.6) is 17.2 Å². The summed E-state index contributed by atoms with van der Waals surface area (Å²) < 4.78 is 16.9. The number of ether oxygens (including phenoxy) is 3. The van der Waals surface area contributed by atoms with Crippen LogP contribution in [0.1, 0.15) is 18.4 Å². The van der Waals surface area contributed by atoms with Gasteiger partial charge in [-0.15, -0.1) is 0 Å². The van der Waals surface area contributed by atoms with Gasteiger partial charge in [0.15, 0.2) is 11.5 Å². The first-order chi connectivity index (χ1) is 13.0. The molecule has 1 amide bonds. The number of halogens is 3. The van der Waals surface area contributed by atoms with E-state index in [2.05, 4.69) is 26.5 Å². The predicted molar refractivity (Wildman–Crippen MR) is 107 cm³/mol. The summed E-state index contributed by atoms with van der Waals surface area (Å²) in [4.78, 5) is 11.8. The summed E-state index contributed by atoms with van der Waals surface area (Å²) in [5, 5.41) is 4.94. The molecule has 1 N–H and O–H groups in total. The maximum Gasteiger partial charge on any atom is 0.240 e. The van der Waals surface area contributed by atoms with Crippen LogP contribution in [0.3, 0.4) is 0 Å². The standard InChI is InChI=1S/C18H15BrCl2N2O4/c19-13-8-17-16(26-10-27-17)6-11(13)9-22-23-18(24)2-1-5-25-15-4-3-12(20)7-14(15)21/h3-4,6-9H,1-2,5,10H2,(H,23,24)/b22-9+. The molecule has 6 nitrogen and oxygen atoms in total. The molecule has 9 heteroatoms. The van der Waals surface area contributed by atoms with Crippen molar-refractivity contribution in [3.8, 4) is 17.2 Å². The van der Waals surface area contributed by atoms with Crippen molar-refractivity contribution in [2.45, 2.75) is 12.8 Å². The summed E-state index contributed by atoms with van der Waals surface area (Å²) in [5.74, 6) is 1.63. The fraction of sp³-hybridized carbons (Fsp3) is 0.222. The van der Waals surface area contributed by atoms with E-state index in [9.17, 15) is 4.79 Å². The molecule has 1 aliphatic rings. The van der Waals surface area contributed by atoms with Crippen LogP contribution < -0.4 is 19.6 Å². The number of carbonyl (C=O) groups excluding carboxylic acids is 1. The number of hydrazone groups is 1. The lowest BCUT2D eigenvalue weighted by Crippen LogP contribution is -2.18. The van der Waals surface area contributed by atoms with Gasteiger partial charge in [0.25, 0.3) is 0 Å². The Balaban J connectivity index is 1.41. The van der Waals surface area contributed by atoms with Crippen LogP contribution in [0.15, 0.2) is 39.9 Å². The second-order valence-electron chi connectivity index (χ2n) is 5.55. The van der Waals surface area contributed by atoms with Crippen molar-refractivity contribution in [2.24, 2.45) is 5.10 Å². The first-order valence-corrected chi connectivity index (χ1v) is 9.57. The average molecular weight is 474 g/mol. The molecule has 0 aromatic heterocycles. The first kappa shape index (κ1) is 19.8. The Labute approximate surface area is 174 Å². The average Bonchev–Trinajstić information content (AvgIpc) is 3.07. The molecule has 0 atom stereocenters. The number of nitrogens with zero attached hydrogens (tertiary/aromatic N) is 1. The maximum atomic E-state index is 11.8. The number of amides is 1. The molecule has 0 fully saturated rings. The summed E-state index contributed by atoms with van der Waals surface area (Å²) in [5.41, 5.74) is 3.25. The molecule has 0 radical (unpaired) electrons. The Morgan fingerprint density at radius 1 is 1.26 bits per heavy atom. The van der Waals surface area contributed by atoms with Crippen LogP contribution in [0.2, 0.25) is 10.0 Å². The SMILES string of the molecule is O=C(CCCOc1ccc(Cl)cc1Cl)N/N=C/c1cc2c(cc1Br)OCO2. The van der Waals surface area contributed by atoms with Crippen molar-refractivity contribution in [3.63, 3.8) is 0 Å². The molecular formula is C18H15BrCl2N2O4. The van der Waals surface area contributed by atoms with Crippen molar-refractivity contribution >= 4 is 51.3 Å². The van der Waals surface area contributed by atoms with Crippen LogP contribution in [0, 0.1) is 0 Å². The van der Waals surface area contributed by atoms with Crippen molar-refractivity contribution in [3.05, 3.63) is 50.4 Å². The van der Waals surface area contributed by atoms with Gasteiger partial charge in [-0.2, -0.15) is 5.10 Å². The van der Waals surface area contributed by atoms with Crippen LogP contribution >= 0.6 is 39.1 Å². The number of nitrogens with one attached hydrogen (secondary N) is 1. The van der Waals surface area contributed by atoms with E-state index in [1.807, 2.05) is 0 Å². The largest absolute Gasteiger partial charge is 0.492 e. The minimum atomic E-state index is -0.214. The Bertz CT molecular complexity index is 877. The molecular weight excluding hydrogens is 459 g/mol. The fourth-order valence-corrected chi connectivity index (χ4v) is 3.16. The lowest BCUT2D eigenvalue weighted by Gasteiger charge is -2.07. The lowest BCUT2D eigenvalue weighted by atomic mass is 10.2. The van der Waals surface area contributed by atoms with Crippen LogP contribution in [-0.4, -0.2) is 25.5 Å². The van der Waals surface area contributed by atoms with E-state index in [1.165, 1.54) is 6.21 Å². The Morgan fingerprint density at radius 3 is 2.81 bits per heavy atom. The Kier molecular flexibility index (Phi) is 6.82. The number of carbonyl (C=O) groups is 1. The molecule has 1 heterocycles. The summed E-state index contributed by atoms with van der Waals surface area (Å²) in [7, 11) is 0. The minimum Gasteiger partial charge on any atom is -0.492 e. The van der Waals surface area contributed by atoms with Gasteiger partial charge in [-0.25, -0.2) is 5.43 Å². The van der Waals surface area contributed by atoms with E-state index < -0.39 is 0 Å². The van der Waals surface area contributed by atoms with Gasteiger partial charge in [0.2, 0.25) is 12.7 Å². The van der Waals surface area contributed by atoms with Gasteiger partial charge in [-0.05, 0) is 52.7 Å². The van der Waals surface area contributed by atoms with E-state index in [0.717, 1.165) is 10.0 Å². The van der Waals surface area contributed by atoms with Gasteiger partial charge in [0.1, 0.15) is 5.75 Å². The van der Waals surface area contributed by atoms with Crippen molar-refractivity contribution < 1.29 is 19.0 Å². The third-order valence-corrected chi connectivity index (χ3v) is 4.80. The topological polar surface area (TPSA) is 69.2 Å². The normalized spacial score (nSPS) is 12.4. The number of hydrogen-bond donors (Lipinski definition) is 1. The predicted octanol–water partition coefficient (Wildman–Crippen LogP) is 4.79. The Hall–Kier alpha value is -1.96. The maximum absolute atomic E-state index is 11.8. The second kappa shape index (κ2) is 9.30. The zero-order chi connectivity index (χ0) is 19.2. The van der Waals surface area contributed by atoms with Crippen LogP contribution in [-0.2, 0) is 4.79 Å². The van der Waals surface area contributed by atoms with E-state index in [0.29, 0.717) is 40.3 Å². The van der Waals surface area contributed by atoms with E-state index in [-0.39, 0.29) is 19.1 Å². The highest BCUT2D eigenvalue weighted by Gasteiger charge is 2.15. The fourth-order valence-electron chi connectivity index (χ4n) is 2.27. The van der Waals surface area contributed by atoms with Gasteiger partial charge in [-0.3, -0.25) is 4.79 Å². The molecule has 2 aromatic rings. The zero-order valence-electron chi connectivity index (χ0n) is 14.0. The molecule has 2 aromatic carbocycles. The quantitative estimate of drug-likeness (QED) is 0.356. The Morgan fingerprint density at radius 2 is 2.04 bits per heavy atom. The molecule has 0 saturated heterocycles. The van der Waals surface area contributed by atoms with E-state index in [1.54, 1.807) is 30.3 Å². The summed E-state index contributed by atoms with van der Waals surface area (Å²) >= 11 is 15.3. The molecule has 0 spiro atoms. The van der Waals surface area contributed by atoms with E-state index >= 15 is 0 Å². The third-order valence-electron chi connectivity index (χ3n) is 3.58.